The molecule has 0 heterocycles. The van der Waals surface area contributed by atoms with E-state index in [2.05, 4.69) is 20.9 Å². The molecule has 2 aromatic carbocycles. The lowest BCUT2D eigenvalue weighted by atomic mass is 10.2. The Morgan fingerprint density at radius 3 is 2.33 bits per heavy atom. The maximum atomic E-state index is 13.6. The molecular formula is C20H26FIN4O. The predicted molar refractivity (Wildman–Crippen MR) is 119 cm³/mol. The Kier molecular flexibility index (Phi) is 10.4. The molecule has 0 atom stereocenters. The van der Waals surface area contributed by atoms with Gasteiger partial charge in [0.2, 0.25) is 5.91 Å². The minimum Gasteiger partial charge on any atom is -0.352 e. The van der Waals surface area contributed by atoms with Crippen LogP contribution >= 0.6 is 24.0 Å². The lowest BCUT2D eigenvalue weighted by Crippen LogP contribution is -2.36. The Morgan fingerprint density at radius 1 is 1.04 bits per heavy atom. The van der Waals surface area contributed by atoms with Crippen molar-refractivity contribution < 1.29 is 9.18 Å². The lowest BCUT2D eigenvalue weighted by molar-refractivity contribution is -0.116. The molecule has 2 aromatic rings. The summed E-state index contributed by atoms with van der Waals surface area (Å²) in [5.74, 6) is 0.376. The van der Waals surface area contributed by atoms with Gasteiger partial charge in [0.1, 0.15) is 5.82 Å². The number of anilines is 1. The summed E-state index contributed by atoms with van der Waals surface area (Å²) in [6.45, 7) is 2.90. The first-order valence-electron chi connectivity index (χ1n) is 8.69. The summed E-state index contributed by atoms with van der Waals surface area (Å²) < 4.78 is 13.6. The van der Waals surface area contributed by atoms with Crippen LogP contribution in [0.15, 0.2) is 53.5 Å². The Balaban J connectivity index is 0.00000364. The number of nitrogens with zero attached hydrogens (tertiary/aromatic N) is 1. The zero-order valence-corrected chi connectivity index (χ0v) is 17.9. The fraction of sp³-hybridized carbons (Fsp3) is 0.300. The van der Waals surface area contributed by atoms with Crippen LogP contribution in [-0.4, -0.2) is 18.9 Å². The molecule has 0 fully saturated rings. The number of carbonyl (C=O) groups is 1. The average molecular weight is 484 g/mol. The third-order valence-corrected chi connectivity index (χ3v) is 3.80. The van der Waals surface area contributed by atoms with Crippen molar-refractivity contribution in [3.8, 4) is 0 Å². The normalized spacial score (nSPS) is 10.7. The van der Waals surface area contributed by atoms with Crippen molar-refractivity contribution in [2.45, 2.75) is 32.9 Å². The Labute approximate surface area is 176 Å². The molecule has 0 saturated carbocycles. The predicted octanol–water partition coefficient (Wildman–Crippen LogP) is 4.05. The van der Waals surface area contributed by atoms with Gasteiger partial charge in [-0.1, -0.05) is 37.3 Å². The minimum absolute atomic E-state index is 0. The van der Waals surface area contributed by atoms with E-state index in [0.717, 1.165) is 17.7 Å². The molecule has 3 N–H and O–H groups in total. The molecule has 0 saturated heterocycles. The number of rotatable bonds is 7. The van der Waals surface area contributed by atoms with E-state index in [1.54, 1.807) is 25.2 Å². The second kappa shape index (κ2) is 12.3. The quantitative estimate of drug-likeness (QED) is 0.316. The average Bonchev–Trinajstić information content (AvgIpc) is 2.64. The van der Waals surface area contributed by atoms with E-state index in [4.69, 9.17) is 0 Å². The largest absolute Gasteiger partial charge is 0.352 e. The SMILES string of the molecule is CCCC(=O)Nc1ccc(CNC(=NC)NCc2ccccc2F)cc1.I. The van der Waals surface area contributed by atoms with Crippen molar-refractivity contribution in [2.75, 3.05) is 12.4 Å². The Morgan fingerprint density at radius 2 is 1.70 bits per heavy atom. The van der Waals surface area contributed by atoms with Crippen molar-refractivity contribution in [2.24, 2.45) is 4.99 Å². The van der Waals surface area contributed by atoms with Crippen LogP contribution in [0.2, 0.25) is 0 Å². The minimum atomic E-state index is -0.240. The van der Waals surface area contributed by atoms with Crippen LogP contribution in [-0.2, 0) is 17.9 Å². The first-order valence-corrected chi connectivity index (χ1v) is 8.69. The van der Waals surface area contributed by atoms with Crippen LogP contribution in [0, 0.1) is 5.82 Å². The van der Waals surface area contributed by atoms with Gasteiger partial charge in [-0.15, -0.1) is 24.0 Å². The highest BCUT2D eigenvalue weighted by Crippen LogP contribution is 2.10. The van der Waals surface area contributed by atoms with Gasteiger partial charge in [-0.05, 0) is 30.2 Å². The lowest BCUT2D eigenvalue weighted by Gasteiger charge is -2.13. The van der Waals surface area contributed by atoms with Crippen molar-refractivity contribution in [1.29, 1.82) is 0 Å². The zero-order valence-electron chi connectivity index (χ0n) is 15.6. The number of carbonyl (C=O) groups excluding carboxylic acids is 1. The second-order valence-corrected chi connectivity index (χ2v) is 5.87. The number of guanidine groups is 1. The van der Waals surface area contributed by atoms with Gasteiger partial charge in [0.05, 0.1) is 0 Å². The standard InChI is InChI=1S/C20H25FN4O.HI/c1-3-6-19(26)25-17-11-9-15(10-12-17)13-23-20(22-2)24-14-16-7-4-5-8-18(16)21;/h4-5,7-12H,3,6,13-14H2,1-2H3,(H,25,26)(H2,22,23,24);1H. The molecular weight excluding hydrogens is 458 g/mol. The van der Waals surface area contributed by atoms with Gasteiger partial charge in [-0.25, -0.2) is 4.39 Å². The molecule has 0 bridgehead atoms. The molecule has 7 heteroatoms. The van der Waals surface area contributed by atoms with Gasteiger partial charge in [-0.2, -0.15) is 0 Å². The number of hydrogen-bond acceptors (Lipinski definition) is 2. The smallest absolute Gasteiger partial charge is 0.224 e. The van der Waals surface area contributed by atoms with Gasteiger partial charge < -0.3 is 16.0 Å². The topological polar surface area (TPSA) is 65.5 Å². The van der Waals surface area contributed by atoms with E-state index in [0.29, 0.717) is 31.0 Å². The number of nitrogens with one attached hydrogen (secondary N) is 3. The van der Waals surface area contributed by atoms with E-state index in [9.17, 15) is 9.18 Å². The van der Waals surface area contributed by atoms with Crippen molar-refractivity contribution in [1.82, 2.24) is 10.6 Å². The molecule has 0 unspecified atom stereocenters. The second-order valence-electron chi connectivity index (χ2n) is 5.87. The van der Waals surface area contributed by atoms with Crippen LogP contribution in [0.3, 0.4) is 0 Å². The first kappa shape index (κ1) is 22.9. The number of halogens is 2. The van der Waals surface area contributed by atoms with Crippen LogP contribution in [0.4, 0.5) is 10.1 Å². The van der Waals surface area contributed by atoms with E-state index in [-0.39, 0.29) is 35.7 Å². The maximum absolute atomic E-state index is 13.6. The molecule has 0 radical (unpaired) electrons. The van der Waals surface area contributed by atoms with E-state index >= 15 is 0 Å². The Hall–Kier alpha value is -2.16. The highest BCUT2D eigenvalue weighted by atomic mass is 127. The number of aliphatic imine (C=N–C) groups is 1. The summed E-state index contributed by atoms with van der Waals surface area (Å²) in [7, 11) is 1.67. The summed E-state index contributed by atoms with van der Waals surface area (Å²) >= 11 is 0. The summed E-state index contributed by atoms with van der Waals surface area (Å²) in [6.07, 6.45) is 1.35. The molecule has 2 rings (SSSR count). The number of hydrogen-bond donors (Lipinski definition) is 3. The number of amides is 1. The van der Waals surface area contributed by atoms with E-state index < -0.39 is 0 Å². The molecule has 0 aromatic heterocycles. The van der Waals surface area contributed by atoms with Crippen molar-refractivity contribution in [3.05, 3.63) is 65.5 Å². The molecule has 0 aliphatic heterocycles. The monoisotopic (exact) mass is 484 g/mol. The van der Waals surface area contributed by atoms with Gasteiger partial charge in [0.15, 0.2) is 5.96 Å². The number of benzene rings is 2. The van der Waals surface area contributed by atoms with E-state index in [1.807, 2.05) is 31.2 Å². The molecule has 1 amide bonds. The highest BCUT2D eigenvalue weighted by molar-refractivity contribution is 14.0. The molecule has 146 valence electrons. The molecule has 27 heavy (non-hydrogen) atoms. The van der Waals surface area contributed by atoms with Gasteiger partial charge in [-0.3, -0.25) is 9.79 Å². The van der Waals surface area contributed by atoms with Crippen LogP contribution in [0.1, 0.15) is 30.9 Å². The fourth-order valence-corrected chi connectivity index (χ4v) is 2.38. The third-order valence-electron chi connectivity index (χ3n) is 3.80. The fourth-order valence-electron chi connectivity index (χ4n) is 2.38. The van der Waals surface area contributed by atoms with Crippen molar-refractivity contribution >= 4 is 41.5 Å². The molecule has 0 spiro atoms. The van der Waals surface area contributed by atoms with Crippen LogP contribution < -0.4 is 16.0 Å². The van der Waals surface area contributed by atoms with Gasteiger partial charge in [0, 0.05) is 37.8 Å². The third kappa shape index (κ3) is 7.94. The van der Waals surface area contributed by atoms with Gasteiger partial charge >= 0.3 is 0 Å². The first-order chi connectivity index (χ1) is 12.6. The molecule has 0 aliphatic carbocycles. The summed E-state index contributed by atoms with van der Waals surface area (Å²) in [4.78, 5) is 15.7. The van der Waals surface area contributed by atoms with Crippen LogP contribution in [0.5, 0.6) is 0 Å². The highest BCUT2D eigenvalue weighted by Gasteiger charge is 2.04. The Bertz CT molecular complexity index is 750. The summed E-state index contributed by atoms with van der Waals surface area (Å²) in [5.41, 5.74) is 2.42. The molecule has 0 aliphatic rings. The summed E-state index contributed by atoms with van der Waals surface area (Å²) in [5, 5.41) is 9.13. The van der Waals surface area contributed by atoms with Gasteiger partial charge in [0.25, 0.3) is 0 Å². The maximum Gasteiger partial charge on any atom is 0.224 e. The van der Waals surface area contributed by atoms with E-state index in [1.165, 1.54) is 6.07 Å². The zero-order chi connectivity index (χ0) is 18.8. The van der Waals surface area contributed by atoms with Crippen molar-refractivity contribution in [3.63, 3.8) is 0 Å². The summed E-state index contributed by atoms with van der Waals surface area (Å²) in [6, 6.07) is 14.3. The molecule has 5 nitrogen and oxygen atoms in total. The van der Waals surface area contributed by atoms with Crippen LogP contribution in [0.25, 0.3) is 0 Å².